The Balaban J connectivity index is 2.98. The molecule has 1 rings (SSSR count). The molecule has 0 amide bonds. The Morgan fingerprint density at radius 2 is 2.00 bits per heavy atom. The van der Waals surface area contributed by atoms with Gasteiger partial charge in [0.15, 0.2) is 0 Å². The first kappa shape index (κ1) is 20.5. The van der Waals surface area contributed by atoms with Crippen LogP contribution in [0, 0.1) is 23.2 Å². The van der Waals surface area contributed by atoms with Crippen LogP contribution in [0.1, 0.15) is 66.2 Å². The van der Waals surface area contributed by atoms with Gasteiger partial charge in [0.25, 0.3) is 0 Å². The van der Waals surface area contributed by atoms with Gasteiger partial charge in [-0.3, -0.25) is 9.59 Å². The van der Waals surface area contributed by atoms with E-state index in [-0.39, 0.29) is 36.0 Å². The molecular formula is C20H32O4. The van der Waals surface area contributed by atoms with Crippen LogP contribution in [0.2, 0.25) is 0 Å². The molecule has 24 heavy (non-hydrogen) atoms. The summed E-state index contributed by atoms with van der Waals surface area (Å²) in [6, 6.07) is 0. The standard InChI is InChI=1S/C20H32O4/c1-13(2)16-9-7-15(4)17(8-6-14(3)12-19(23)24)20(16,5)11-10-18(21)22/h7,14,16-17H,1,6,8-12H2,2-5H3,(H,21,22)(H,23,24). The molecule has 0 fully saturated rings. The molecule has 0 aliphatic heterocycles. The van der Waals surface area contributed by atoms with Crippen LogP contribution in [0.4, 0.5) is 0 Å². The first-order chi connectivity index (χ1) is 11.1. The summed E-state index contributed by atoms with van der Waals surface area (Å²) < 4.78 is 0. The zero-order chi connectivity index (χ0) is 18.5. The predicted molar refractivity (Wildman–Crippen MR) is 95.8 cm³/mol. The van der Waals surface area contributed by atoms with E-state index in [0.717, 1.165) is 24.8 Å². The van der Waals surface area contributed by atoms with Gasteiger partial charge in [-0.25, -0.2) is 0 Å². The molecule has 0 bridgehead atoms. The molecule has 1 aliphatic carbocycles. The predicted octanol–water partition coefficient (Wildman–Crippen LogP) is 4.91. The smallest absolute Gasteiger partial charge is 0.303 e. The van der Waals surface area contributed by atoms with Gasteiger partial charge in [-0.05, 0) is 62.7 Å². The van der Waals surface area contributed by atoms with Crippen molar-refractivity contribution in [1.29, 1.82) is 0 Å². The summed E-state index contributed by atoms with van der Waals surface area (Å²) in [5.74, 6) is -0.832. The maximum atomic E-state index is 11.1. The second kappa shape index (κ2) is 8.50. The zero-order valence-electron chi connectivity index (χ0n) is 15.5. The lowest BCUT2D eigenvalue weighted by molar-refractivity contribution is -0.139. The first-order valence-electron chi connectivity index (χ1n) is 8.83. The SMILES string of the molecule is C=C(C)C1CC=C(C)C(CCC(C)CC(=O)O)C1(C)CCC(=O)O. The van der Waals surface area contributed by atoms with Crippen LogP contribution < -0.4 is 0 Å². The number of allylic oxidation sites excluding steroid dienone is 3. The van der Waals surface area contributed by atoms with Gasteiger partial charge in [-0.1, -0.05) is 37.6 Å². The molecule has 136 valence electrons. The Bertz CT molecular complexity index is 520. The summed E-state index contributed by atoms with van der Waals surface area (Å²) in [6.45, 7) is 12.5. The molecule has 0 aromatic carbocycles. The number of hydrogen-bond acceptors (Lipinski definition) is 2. The number of carbonyl (C=O) groups is 2. The van der Waals surface area contributed by atoms with Crippen LogP contribution in [0.25, 0.3) is 0 Å². The van der Waals surface area contributed by atoms with Crippen molar-refractivity contribution in [2.24, 2.45) is 23.2 Å². The van der Waals surface area contributed by atoms with Crippen molar-refractivity contribution in [2.45, 2.75) is 66.2 Å². The lowest BCUT2D eigenvalue weighted by atomic mass is 9.56. The monoisotopic (exact) mass is 336 g/mol. The molecule has 0 aromatic rings. The number of carboxylic acids is 2. The summed E-state index contributed by atoms with van der Waals surface area (Å²) in [7, 11) is 0. The minimum Gasteiger partial charge on any atom is -0.481 e. The van der Waals surface area contributed by atoms with Crippen LogP contribution >= 0.6 is 0 Å². The highest BCUT2D eigenvalue weighted by Gasteiger charge is 2.44. The van der Waals surface area contributed by atoms with E-state index in [2.05, 4.69) is 26.5 Å². The van der Waals surface area contributed by atoms with Crippen molar-refractivity contribution in [2.75, 3.05) is 0 Å². The summed E-state index contributed by atoms with van der Waals surface area (Å²) in [6.07, 6.45) is 5.89. The fourth-order valence-electron chi connectivity index (χ4n) is 4.38. The third kappa shape index (κ3) is 5.22. The third-order valence-corrected chi connectivity index (χ3v) is 5.76. The van der Waals surface area contributed by atoms with Crippen molar-refractivity contribution in [3.8, 4) is 0 Å². The van der Waals surface area contributed by atoms with Crippen LogP contribution in [-0.4, -0.2) is 22.2 Å². The van der Waals surface area contributed by atoms with Gasteiger partial charge in [0.05, 0.1) is 0 Å². The van der Waals surface area contributed by atoms with E-state index in [0.29, 0.717) is 6.42 Å². The highest BCUT2D eigenvalue weighted by Crippen LogP contribution is 2.52. The Morgan fingerprint density at radius 1 is 1.38 bits per heavy atom. The molecule has 0 saturated carbocycles. The van der Waals surface area contributed by atoms with Gasteiger partial charge < -0.3 is 10.2 Å². The largest absolute Gasteiger partial charge is 0.481 e. The zero-order valence-corrected chi connectivity index (χ0v) is 15.5. The second-order valence-corrected chi connectivity index (χ2v) is 7.82. The fourth-order valence-corrected chi connectivity index (χ4v) is 4.38. The van der Waals surface area contributed by atoms with E-state index in [1.165, 1.54) is 5.57 Å². The van der Waals surface area contributed by atoms with Gasteiger partial charge >= 0.3 is 11.9 Å². The molecule has 4 heteroatoms. The van der Waals surface area contributed by atoms with E-state index in [1.807, 2.05) is 13.8 Å². The molecular weight excluding hydrogens is 304 g/mol. The van der Waals surface area contributed by atoms with Gasteiger partial charge in [0, 0.05) is 12.8 Å². The van der Waals surface area contributed by atoms with Crippen LogP contribution in [-0.2, 0) is 9.59 Å². The van der Waals surface area contributed by atoms with Gasteiger partial charge in [-0.2, -0.15) is 0 Å². The van der Waals surface area contributed by atoms with Gasteiger partial charge in [0.1, 0.15) is 0 Å². The maximum absolute atomic E-state index is 11.1. The molecule has 4 atom stereocenters. The van der Waals surface area contributed by atoms with E-state index in [1.54, 1.807) is 0 Å². The number of rotatable bonds is 9. The molecule has 0 spiro atoms. The van der Waals surface area contributed by atoms with Crippen LogP contribution in [0.15, 0.2) is 23.8 Å². The summed E-state index contributed by atoms with van der Waals surface area (Å²) in [4.78, 5) is 22.0. The summed E-state index contributed by atoms with van der Waals surface area (Å²) in [5, 5.41) is 18.1. The van der Waals surface area contributed by atoms with Gasteiger partial charge in [-0.15, -0.1) is 0 Å². The Morgan fingerprint density at radius 3 is 2.50 bits per heavy atom. The maximum Gasteiger partial charge on any atom is 0.303 e. The average Bonchev–Trinajstić information content (AvgIpc) is 2.43. The topological polar surface area (TPSA) is 74.6 Å². The van der Waals surface area contributed by atoms with Crippen molar-refractivity contribution in [3.63, 3.8) is 0 Å². The molecule has 0 radical (unpaired) electrons. The Kier molecular flexibility index (Phi) is 7.25. The van der Waals surface area contributed by atoms with E-state index in [9.17, 15) is 9.59 Å². The third-order valence-electron chi connectivity index (χ3n) is 5.76. The fraction of sp³-hybridized carbons (Fsp3) is 0.700. The molecule has 4 unspecified atom stereocenters. The minimum absolute atomic E-state index is 0.129. The van der Waals surface area contributed by atoms with Crippen molar-refractivity contribution >= 4 is 11.9 Å². The lowest BCUT2D eigenvalue weighted by Gasteiger charge is -2.48. The van der Waals surface area contributed by atoms with Crippen molar-refractivity contribution < 1.29 is 19.8 Å². The van der Waals surface area contributed by atoms with E-state index in [4.69, 9.17) is 10.2 Å². The first-order valence-corrected chi connectivity index (χ1v) is 8.83. The molecule has 0 saturated heterocycles. The van der Waals surface area contributed by atoms with E-state index >= 15 is 0 Å². The number of carboxylic acid groups (broad SMARTS) is 2. The number of hydrogen-bond donors (Lipinski definition) is 2. The molecule has 1 aliphatic rings. The summed E-state index contributed by atoms with van der Waals surface area (Å²) in [5.41, 5.74) is 2.28. The van der Waals surface area contributed by atoms with Crippen LogP contribution in [0.5, 0.6) is 0 Å². The normalized spacial score (nSPS) is 28.1. The highest BCUT2D eigenvalue weighted by molar-refractivity contribution is 5.67. The van der Waals surface area contributed by atoms with Crippen LogP contribution in [0.3, 0.4) is 0 Å². The Labute approximate surface area is 145 Å². The summed E-state index contributed by atoms with van der Waals surface area (Å²) >= 11 is 0. The highest BCUT2D eigenvalue weighted by atomic mass is 16.4. The lowest BCUT2D eigenvalue weighted by Crippen LogP contribution is -2.40. The van der Waals surface area contributed by atoms with Gasteiger partial charge in [0.2, 0.25) is 0 Å². The molecule has 0 aromatic heterocycles. The average molecular weight is 336 g/mol. The minimum atomic E-state index is -0.762. The number of aliphatic carboxylic acids is 2. The quantitative estimate of drug-likeness (QED) is 0.587. The second-order valence-electron chi connectivity index (χ2n) is 7.82. The molecule has 4 nitrogen and oxygen atoms in total. The van der Waals surface area contributed by atoms with Crippen molar-refractivity contribution in [3.05, 3.63) is 23.8 Å². The van der Waals surface area contributed by atoms with Crippen molar-refractivity contribution in [1.82, 2.24) is 0 Å². The Hall–Kier alpha value is -1.58. The van der Waals surface area contributed by atoms with E-state index < -0.39 is 11.9 Å². The molecule has 0 heterocycles. The molecule has 2 N–H and O–H groups in total.